The van der Waals surface area contributed by atoms with E-state index in [4.69, 9.17) is 10.2 Å². The Balaban J connectivity index is 1.80. The molecule has 0 amide bonds. The number of aliphatic hydroxyl groups is 1. The smallest absolute Gasteiger partial charge is 0.260 e. The van der Waals surface area contributed by atoms with Crippen molar-refractivity contribution in [2.45, 2.75) is 25.3 Å². The maximum atomic E-state index is 14.5. The standard InChI is InChI=1S/C26H28FN5O2/c1-31(2)21-9-12-32(13-10-21)26-29-24(19-7-8-20(16-28)22(27)15-19)23(25(34)30-26)18-5-3-17(4-6-18)11-14-33/h3-8,15,21,33H,9-14H2,1-2H3,(H,29,30,34). The summed E-state index contributed by atoms with van der Waals surface area (Å²) in [4.78, 5) is 25.3. The summed E-state index contributed by atoms with van der Waals surface area (Å²) in [5.41, 5.74) is 2.36. The van der Waals surface area contributed by atoms with Crippen molar-refractivity contribution in [1.82, 2.24) is 14.9 Å². The number of H-pyrrole nitrogens is 1. The van der Waals surface area contributed by atoms with Gasteiger partial charge in [-0.15, -0.1) is 0 Å². The second-order valence-electron chi connectivity index (χ2n) is 8.77. The molecule has 0 spiro atoms. The minimum absolute atomic E-state index is 0.0382. The van der Waals surface area contributed by atoms with E-state index in [1.807, 2.05) is 30.3 Å². The Labute approximate surface area is 198 Å². The molecule has 4 rings (SSSR count). The first kappa shape index (κ1) is 23.6. The summed E-state index contributed by atoms with van der Waals surface area (Å²) in [5.74, 6) is -0.192. The highest BCUT2D eigenvalue weighted by molar-refractivity contribution is 5.81. The molecule has 1 fully saturated rings. The summed E-state index contributed by atoms with van der Waals surface area (Å²) in [6.45, 7) is 1.54. The number of nitrogens with one attached hydrogen (secondary N) is 1. The van der Waals surface area contributed by atoms with E-state index in [2.05, 4.69) is 28.9 Å². The summed E-state index contributed by atoms with van der Waals surface area (Å²) in [6, 6.07) is 13.9. The first-order chi connectivity index (χ1) is 16.4. The van der Waals surface area contributed by atoms with Crippen LogP contribution in [0, 0.1) is 17.1 Å². The van der Waals surface area contributed by atoms with Crippen molar-refractivity contribution in [2.24, 2.45) is 0 Å². The maximum absolute atomic E-state index is 14.5. The summed E-state index contributed by atoms with van der Waals surface area (Å²) in [7, 11) is 4.14. The average molecular weight is 462 g/mol. The van der Waals surface area contributed by atoms with E-state index in [1.54, 1.807) is 6.07 Å². The highest BCUT2D eigenvalue weighted by Gasteiger charge is 2.24. The van der Waals surface area contributed by atoms with Crippen molar-refractivity contribution in [2.75, 3.05) is 38.7 Å². The number of aromatic amines is 1. The molecule has 1 aromatic heterocycles. The first-order valence-corrected chi connectivity index (χ1v) is 11.4. The maximum Gasteiger partial charge on any atom is 0.260 e. The number of benzene rings is 2. The van der Waals surface area contributed by atoms with Gasteiger partial charge in [-0.3, -0.25) is 9.78 Å². The largest absolute Gasteiger partial charge is 0.396 e. The number of rotatable bonds is 6. The molecule has 1 saturated heterocycles. The Hall–Kier alpha value is -3.54. The lowest BCUT2D eigenvalue weighted by Crippen LogP contribution is -2.43. The van der Waals surface area contributed by atoms with Gasteiger partial charge in [-0.05, 0) is 56.6 Å². The Morgan fingerprint density at radius 2 is 1.85 bits per heavy atom. The van der Waals surface area contributed by atoms with Gasteiger partial charge in [-0.2, -0.15) is 5.26 Å². The van der Waals surface area contributed by atoms with Gasteiger partial charge in [0, 0.05) is 31.3 Å². The van der Waals surface area contributed by atoms with E-state index in [0.717, 1.165) is 31.5 Å². The monoisotopic (exact) mass is 461 g/mol. The molecule has 0 atom stereocenters. The molecule has 3 aromatic rings. The number of aliphatic hydroxyl groups excluding tert-OH is 1. The van der Waals surface area contributed by atoms with E-state index < -0.39 is 5.82 Å². The topological polar surface area (TPSA) is 96.2 Å². The van der Waals surface area contributed by atoms with Crippen LogP contribution in [0.1, 0.15) is 24.0 Å². The number of hydrogen-bond donors (Lipinski definition) is 2. The number of nitriles is 1. The number of anilines is 1. The molecule has 2 aromatic carbocycles. The van der Waals surface area contributed by atoms with Crippen LogP contribution in [-0.2, 0) is 6.42 Å². The van der Waals surface area contributed by atoms with Gasteiger partial charge in [-0.25, -0.2) is 9.37 Å². The minimum Gasteiger partial charge on any atom is -0.396 e. The Bertz CT molecular complexity index is 1260. The SMILES string of the molecule is CN(C)C1CCN(c2nc(-c3ccc(C#N)c(F)c3)c(-c3ccc(CCO)cc3)c(=O)[nH]2)CC1. The molecule has 8 heteroatoms. The lowest BCUT2D eigenvalue weighted by atomic mass is 9.98. The van der Waals surface area contributed by atoms with Crippen molar-refractivity contribution < 1.29 is 9.50 Å². The van der Waals surface area contributed by atoms with Crippen LogP contribution in [0.3, 0.4) is 0 Å². The van der Waals surface area contributed by atoms with E-state index in [1.165, 1.54) is 12.1 Å². The molecule has 0 aliphatic carbocycles. The van der Waals surface area contributed by atoms with Crippen LogP contribution in [0.15, 0.2) is 47.3 Å². The predicted molar refractivity (Wildman–Crippen MR) is 130 cm³/mol. The second kappa shape index (κ2) is 10.2. The van der Waals surface area contributed by atoms with Gasteiger partial charge in [0.05, 0.1) is 16.8 Å². The van der Waals surface area contributed by atoms with Crippen LogP contribution in [0.25, 0.3) is 22.4 Å². The molecular formula is C26H28FN5O2. The molecule has 1 aliphatic heterocycles. The molecule has 34 heavy (non-hydrogen) atoms. The summed E-state index contributed by atoms with van der Waals surface area (Å²) in [5, 5.41) is 18.3. The fraction of sp³-hybridized carbons (Fsp3) is 0.346. The molecule has 7 nitrogen and oxygen atoms in total. The zero-order valence-electron chi connectivity index (χ0n) is 19.4. The van der Waals surface area contributed by atoms with Crippen molar-refractivity contribution in [1.29, 1.82) is 5.26 Å². The minimum atomic E-state index is -0.653. The zero-order chi connectivity index (χ0) is 24.2. The van der Waals surface area contributed by atoms with E-state index in [-0.39, 0.29) is 17.7 Å². The van der Waals surface area contributed by atoms with E-state index in [0.29, 0.717) is 40.8 Å². The van der Waals surface area contributed by atoms with E-state index in [9.17, 15) is 14.3 Å². The highest BCUT2D eigenvalue weighted by Crippen LogP contribution is 2.31. The Kier molecular flexibility index (Phi) is 7.06. The quantitative estimate of drug-likeness (QED) is 0.585. The first-order valence-electron chi connectivity index (χ1n) is 11.4. The lowest BCUT2D eigenvalue weighted by molar-refractivity contribution is 0.249. The molecule has 0 radical (unpaired) electrons. The number of aromatic nitrogens is 2. The number of hydrogen-bond acceptors (Lipinski definition) is 6. The van der Waals surface area contributed by atoms with Crippen molar-refractivity contribution in [3.63, 3.8) is 0 Å². The fourth-order valence-electron chi connectivity index (χ4n) is 4.40. The van der Waals surface area contributed by atoms with Gasteiger partial charge in [-0.1, -0.05) is 30.3 Å². The third-order valence-corrected chi connectivity index (χ3v) is 6.41. The number of halogens is 1. The number of piperidine rings is 1. The molecular weight excluding hydrogens is 433 g/mol. The van der Waals surface area contributed by atoms with Crippen LogP contribution in [0.5, 0.6) is 0 Å². The van der Waals surface area contributed by atoms with Crippen LogP contribution >= 0.6 is 0 Å². The summed E-state index contributed by atoms with van der Waals surface area (Å²) in [6.07, 6.45) is 2.42. The van der Waals surface area contributed by atoms with Gasteiger partial charge < -0.3 is 14.9 Å². The molecule has 2 N–H and O–H groups in total. The predicted octanol–water partition coefficient (Wildman–Crippen LogP) is 3.18. The molecule has 0 saturated carbocycles. The van der Waals surface area contributed by atoms with Gasteiger partial charge in [0.2, 0.25) is 5.95 Å². The molecule has 2 heterocycles. The summed E-state index contributed by atoms with van der Waals surface area (Å²) >= 11 is 0. The normalized spacial score (nSPS) is 14.4. The third kappa shape index (κ3) is 4.86. The van der Waals surface area contributed by atoms with Gasteiger partial charge in [0.1, 0.15) is 11.9 Å². The third-order valence-electron chi connectivity index (χ3n) is 6.41. The zero-order valence-corrected chi connectivity index (χ0v) is 19.4. The fourth-order valence-corrected chi connectivity index (χ4v) is 4.40. The second-order valence-corrected chi connectivity index (χ2v) is 8.77. The van der Waals surface area contributed by atoms with E-state index >= 15 is 0 Å². The summed E-state index contributed by atoms with van der Waals surface area (Å²) < 4.78 is 14.5. The molecule has 0 bridgehead atoms. The van der Waals surface area contributed by atoms with Gasteiger partial charge in [0.25, 0.3) is 5.56 Å². The molecule has 176 valence electrons. The number of nitrogens with zero attached hydrogens (tertiary/aromatic N) is 4. The highest BCUT2D eigenvalue weighted by atomic mass is 19.1. The Morgan fingerprint density at radius 3 is 2.44 bits per heavy atom. The van der Waals surface area contributed by atoms with Crippen molar-refractivity contribution >= 4 is 5.95 Å². The van der Waals surface area contributed by atoms with Crippen LogP contribution in [-0.4, -0.2) is 59.8 Å². The molecule has 1 aliphatic rings. The average Bonchev–Trinajstić information content (AvgIpc) is 2.84. The van der Waals surface area contributed by atoms with Crippen LogP contribution in [0.4, 0.5) is 10.3 Å². The van der Waals surface area contributed by atoms with Crippen molar-refractivity contribution in [3.05, 3.63) is 69.8 Å². The Morgan fingerprint density at radius 1 is 1.18 bits per heavy atom. The lowest BCUT2D eigenvalue weighted by Gasteiger charge is -2.35. The van der Waals surface area contributed by atoms with Gasteiger partial charge in [0.15, 0.2) is 0 Å². The van der Waals surface area contributed by atoms with Crippen molar-refractivity contribution in [3.8, 4) is 28.5 Å². The molecule has 0 unspecified atom stereocenters. The van der Waals surface area contributed by atoms with Gasteiger partial charge >= 0.3 is 0 Å². The van der Waals surface area contributed by atoms with Crippen LogP contribution < -0.4 is 10.5 Å². The van der Waals surface area contributed by atoms with Crippen LogP contribution in [0.2, 0.25) is 0 Å².